The van der Waals surface area contributed by atoms with Crippen molar-refractivity contribution in [2.75, 3.05) is 32.2 Å². The molecule has 0 radical (unpaired) electrons. The predicted octanol–water partition coefficient (Wildman–Crippen LogP) is 3.56. The van der Waals surface area contributed by atoms with Gasteiger partial charge in [-0.3, -0.25) is 0 Å². The summed E-state index contributed by atoms with van der Waals surface area (Å²) in [6, 6.07) is 17.8. The lowest BCUT2D eigenvalue weighted by atomic mass is 10.2. The molecule has 0 heterocycles. The average Bonchev–Trinajstić information content (AvgIpc) is 2.46. The SMILES string of the molecule is COCCN(C)c1ccccc1Oc1ccccc1. The van der Waals surface area contributed by atoms with E-state index in [2.05, 4.69) is 4.90 Å². The van der Waals surface area contributed by atoms with E-state index in [-0.39, 0.29) is 0 Å². The fourth-order valence-electron chi connectivity index (χ4n) is 1.82. The Morgan fingerprint density at radius 2 is 1.63 bits per heavy atom. The van der Waals surface area contributed by atoms with Crippen LogP contribution in [0.15, 0.2) is 54.6 Å². The molecule has 3 heteroatoms. The van der Waals surface area contributed by atoms with Gasteiger partial charge in [-0.2, -0.15) is 0 Å². The molecular formula is C16H19NO2. The zero-order valence-corrected chi connectivity index (χ0v) is 11.4. The van der Waals surface area contributed by atoms with Gasteiger partial charge in [-0.1, -0.05) is 30.3 Å². The molecule has 19 heavy (non-hydrogen) atoms. The first-order valence-electron chi connectivity index (χ1n) is 6.33. The number of hydrogen-bond acceptors (Lipinski definition) is 3. The summed E-state index contributed by atoms with van der Waals surface area (Å²) in [6.45, 7) is 1.52. The van der Waals surface area contributed by atoms with E-state index in [0.717, 1.165) is 23.7 Å². The van der Waals surface area contributed by atoms with E-state index in [4.69, 9.17) is 9.47 Å². The van der Waals surface area contributed by atoms with Gasteiger partial charge in [-0.05, 0) is 24.3 Å². The molecule has 2 rings (SSSR count). The second-order valence-electron chi connectivity index (χ2n) is 4.30. The molecule has 0 aliphatic heterocycles. The first-order valence-corrected chi connectivity index (χ1v) is 6.33. The molecule has 0 saturated heterocycles. The summed E-state index contributed by atoms with van der Waals surface area (Å²) in [6.07, 6.45) is 0. The van der Waals surface area contributed by atoms with Gasteiger partial charge in [0.2, 0.25) is 0 Å². The topological polar surface area (TPSA) is 21.7 Å². The van der Waals surface area contributed by atoms with Gasteiger partial charge in [0.25, 0.3) is 0 Å². The second kappa shape index (κ2) is 6.81. The first kappa shape index (κ1) is 13.4. The molecule has 0 aliphatic carbocycles. The van der Waals surface area contributed by atoms with Crippen molar-refractivity contribution in [2.45, 2.75) is 0 Å². The number of rotatable bonds is 6. The predicted molar refractivity (Wildman–Crippen MR) is 78.1 cm³/mol. The van der Waals surface area contributed by atoms with Crippen molar-refractivity contribution in [3.05, 3.63) is 54.6 Å². The van der Waals surface area contributed by atoms with Crippen LogP contribution < -0.4 is 9.64 Å². The Morgan fingerprint density at radius 1 is 0.947 bits per heavy atom. The van der Waals surface area contributed by atoms with Crippen molar-refractivity contribution in [3.8, 4) is 11.5 Å². The minimum absolute atomic E-state index is 0.691. The molecule has 0 unspecified atom stereocenters. The molecule has 0 N–H and O–H groups in total. The van der Waals surface area contributed by atoms with Gasteiger partial charge in [-0.15, -0.1) is 0 Å². The van der Waals surface area contributed by atoms with Gasteiger partial charge >= 0.3 is 0 Å². The average molecular weight is 257 g/mol. The van der Waals surface area contributed by atoms with E-state index < -0.39 is 0 Å². The smallest absolute Gasteiger partial charge is 0.150 e. The molecule has 2 aromatic carbocycles. The Labute approximate surface area is 114 Å². The van der Waals surface area contributed by atoms with E-state index in [1.54, 1.807) is 7.11 Å². The highest BCUT2D eigenvalue weighted by Gasteiger charge is 2.08. The normalized spacial score (nSPS) is 10.2. The second-order valence-corrected chi connectivity index (χ2v) is 4.30. The summed E-state index contributed by atoms with van der Waals surface area (Å²) >= 11 is 0. The highest BCUT2D eigenvalue weighted by Crippen LogP contribution is 2.31. The molecule has 0 spiro atoms. The number of nitrogens with zero attached hydrogens (tertiary/aromatic N) is 1. The minimum Gasteiger partial charge on any atom is -0.455 e. The molecule has 0 aromatic heterocycles. The van der Waals surface area contributed by atoms with Crippen LogP contribution in [0.1, 0.15) is 0 Å². The number of hydrogen-bond donors (Lipinski definition) is 0. The maximum absolute atomic E-state index is 5.93. The van der Waals surface area contributed by atoms with E-state index in [1.807, 2.05) is 61.6 Å². The molecule has 2 aromatic rings. The molecule has 100 valence electrons. The number of para-hydroxylation sites is 3. The van der Waals surface area contributed by atoms with Gasteiger partial charge < -0.3 is 14.4 Å². The van der Waals surface area contributed by atoms with E-state index in [9.17, 15) is 0 Å². The fraction of sp³-hybridized carbons (Fsp3) is 0.250. The Bertz CT molecular complexity index is 499. The third kappa shape index (κ3) is 3.73. The number of methoxy groups -OCH3 is 1. The summed E-state index contributed by atoms with van der Waals surface area (Å²) in [4.78, 5) is 2.13. The van der Waals surface area contributed by atoms with Crippen molar-refractivity contribution < 1.29 is 9.47 Å². The fourth-order valence-corrected chi connectivity index (χ4v) is 1.82. The van der Waals surface area contributed by atoms with Crippen LogP contribution in [0, 0.1) is 0 Å². The van der Waals surface area contributed by atoms with Crippen molar-refractivity contribution in [1.29, 1.82) is 0 Å². The van der Waals surface area contributed by atoms with Gasteiger partial charge in [0.15, 0.2) is 5.75 Å². The van der Waals surface area contributed by atoms with E-state index >= 15 is 0 Å². The van der Waals surface area contributed by atoms with Crippen LogP contribution >= 0.6 is 0 Å². The Hall–Kier alpha value is -2.00. The van der Waals surface area contributed by atoms with Gasteiger partial charge in [0, 0.05) is 20.7 Å². The highest BCUT2D eigenvalue weighted by atomic mass is 16.5. The largest absolute Gasteiger partial charge is 0.455 e. The van der Waals surface area contributed by atoms with Gasteiger partial charge in [0.1, 0.15) is 5.75 Å². The number of likely N-dealkylation sites (N-methyl/N-ethyl adjacent to an activating group) is 1. The molecule has 0 aliphatic rings. The Balaban J connectivity index is 2.16. The van der Waals surface area contributed by atoms with Crippen LogP contribution in [-0.4, -0.2) is 27.3 Å². The molecule has 0 amide bonds. The Kier molecular flexibility index (Phi) is 4.81. The van der Waals surface area contributed by atoms with Gasteiger partial charge in [-0.25, -0.2) is 0 Å². The highest BCUT2D eigenvalue weighted by molar-refractivity contribution is 5.59. The van der Waals surface area contributed by atoms with Crippen LogP contribution in [-0.2, 0) is 4.74 Å². The molecular weight excluding hydrogens is 238 g/mol. The number of benzene rings is 2. The zero-order valence-electron chi connectivity index (χ0n) is 11.4. The van der Waals surface area contributed by atoms with E-state index in [1.165, 1.54) is 0 Å². The van der Waals surface area contributed by atoms with Crippen molar-refractivity contribution in [3.63, 3.8) is 0 Å². The summed E-state index contributed by atoms with van der Waals surface area (Å²) in [7, 11) is 3.74. The zero-order chi connectivity index (χ0) is 13.5. The lowest BCUT2D eigenvalue weighted by Gasteiger charge is -2.21. The number of ether oxygens (including phenoxy) is 2. The maximum Gasteiger partial charge on any atom is 0.150 e. The van der Waals surface area contributed by atoms with E-state index in [0.29, 0.717) is 6.61 Å². The molecule has 0 saturated carbocycles. The summed E-state index contributed by atoms with van der Waals surface area (Å²) < 4.78 is 11.0. The lowest BCUT2D eigenvalue weighted by molar-refractivity contribution is 0.206. The summed E-state index contributed by atoms with van der Waals surface area (Å²) in [5.74, 6) is 1.70. The summed E-state index contributed by atoms with van der Waals surface area (Å²) in [5.41, 5.74) is 1.06. The lowest BCUT2D eigenvalue weighted by Crippen LogP contribution is -2.22. The van der Waals surface area contributed by atoms with Crippen LogP contribution in [0.4, 0.5) is 5.69 Å². The van der Waals surface area contributed by atoms with Crippen LogP contribution in [0.25, 0.3) is 0 Å². The molecule has 0 atom stereocenters. The Morgan fingerprint density at radius 3 is 2.37 bits per heavy atom. The third-order valence-electron chi connectivity index (χ3n) is 2.88. The first-order chi connectivity index (χ1) is 9.31. The quantitative estimate of drug-likeness (QED) is 0.789. The standard InChI is InChI=1S/C16H19NO2/c1-17(12-13-18-2)15-10-6-7-11-16(15)19-14-8-4-3-5-9-14/h3-11H,12-13H2,1-2H3. The summed E-state index contributed by atoms with van der Waals surface area (Å²) in [5, 5.41) is 0. The minimum atomic E-state index is 0.691. The van der Waals surface area contributed by atoms with Crippen LogP contribution in [0.2, 0.25) is 0 Å². The van der Waals surface area contributed by atoms with Gasteiger partial charge in [0.05, 0.1) is 12.3 Å². The van der Waals surface area contributed by atoms with Crippen LogP contribution in [0.5, 0.6) is 11.5 Å². The molecule has 0 fully saturated rings. The monoisotopic (exact) mass is 257 g/mol. The van der Waals surface area contributed by atoms with Crippen molar-refractivity contribution >= 4 is 5.69 Å². The van der Waals surface area contributed by atoms with Crippen LogP contribution in [0.3, 0.4) is 0 Å². The van der Waals surface area contributed by atoms with Crippen molar-refractivity contribution in [1.82, 2.24) is 0 Å². The third-order valence-corrected chi connectivity index (χ3v) is 2.88. The molecule has 0 bridgehead atoms. The van der Waals surface area contributed by atoms with Crippen molar-refractivity contribution in [2.24, 2.45) is 0 Å². The number of anilines is 1. The molecule has 3 nitrogen and oxygen atoms in total. The maximum atomic E-state index is 5.93.